The molecule has 1 saturated heterocycles. The third kappa shape index (κ3) is 3.67. The molecule has 2 unspecified atom stereocenters. The predicted octanol–water partition coefficient (Wildman–Crippen LogP) is 0.756. The van der Waals surface area contributed by atoms with E-state index in [0.29, 0.717) is 13.2 Å². The number of ether oxygens (including phenoxy) is 1. The zero-order chi connectivity index (χ0) is 14.5. The van der Waals surface area contributed by atoms with E-state index in [1.807, 2.05) is 6.92 Å². The van der Waals surface area contributed by atoms with Gasteiger partial charge in [-0.1, -0.05) is 6.07 Å². The number of aromatic nitrogens is 1. The second kappa shape index (κ2) is 6.33. The molecule has 2 atom stereocenters. The van der Waals surface area contributed by atoms with Crippen LogP contribution < -0.4 is 10.6 Å². The lowest BCUT2D eigenvalue weighted by Gasteiger charge is -2.16. The summed E-state index contributed by atoms with van der Waals surface area (Å²) in [6.07, 6.45) is 2.27. The fourth-order valence-corrected chi connectivity index (χ4v) is 1.98. The molecule has 7 nitrogen and oxygen atoms in total. The van der Waals surface area contributed by atoms with E-state index in [4.69, 9.17) is 9.84 Å². The van der Waals surface area contributed by atoms with Gasteiger partial charge in [0.05, 0.1) is 12.1 Å². The molecule has 7 heteroatoms. The summed E-state index contributed by atoms with van der Waals surface area (Å²) in [5.41, 5.74) is 0.719. The van der Waals surface area contributed by atoms with Gasteiger partial charge < -0.3 is 20.5 Å². The Balaban J connectivity index is 1.79. The molecular weight excluding hydrogens is 262 g/mol. The Labute approximate surface area is 116 Å². The standard InChI is InChI=1S/C13H17N3O4/c1-8-10(4-5-20-8)16-13(19)15-7-9-2-3-11(12(17)18)14-6-9/h2-3,6,8,10H,4-5,7H2,1H3,(H,17,18)(H2,15,16,19). The van der Waals surface area contributed by atoms with E-state index >= 15 is 0 Å². The number of carbonyl (C=O) groups is 2. The van der Waals surface area contributed by atoms with Crippen molar-refractivity contribution >= 4 is 12.0 Å². The van der Waals surface area contributed by atoms with Gasteiger partial charge in [-0.15, -0.1) is 0 Å². The molecule has 1 aliphatic heterocycles. The monoisotopic (exact) mass is 279 g/mol. The highest BCUT2D eigenvalue weighted by Crippen LogP contribution is 2.12. The van der Waals surface area contributed by atoms with E-state index in [1.165, 1.54) is 12.3 Å². The number of carboxylic acids is 1. The lowest BCUT2D eigenvalue weighted by atomic mass is 10.2. The van der Waals surface area contributed by atoms with Crippen molar-refractivity contribution in [1.82, 2.24) is 15.6 Å². The minimum atomic E-state index is -1.07. The summed E-state index contributed by atoms with van der Waals surface area (Å²) in [6, 6.07) is 2.79. The summed E-state index contributed by atoms with van der Waals surface area (Å²) in [5, 5.41) is 14.3. The summed E-state index contributed by atoms with van der Waals surface area (Å²) in [7, 11) is 0. The van der Waals surface area contributed by atoms with Crippen molar-refractivity contribution in [3.63, 3.8) is 0 Å². The first-order valence-electron chi connectivity index (χ1n) is 6.40. The quantitative estimate of drug-likeness (QED) is 0.755. The number of carbonyl (C=O) groups excluding carboxylic acids is 1. The number of hydrogen-bond acceptors (Lipinski definition) is 4. The molecule has 0 aromatic carbocycles. The highest BCUT2D eigenvalue weighted by Gasteiger charge is 2.25. The summed E-state index contributed by atoms with van der Waals surface area (Å²) >= 11 is 0. The fraction of sp³-hybridized carbons (Fsp3) is 0.462. The van der Waals surface area contributed by atoms with Gasteiger partial charge in [0.25, 0.3) is 0 Å². The Morgan fingerprint density at radius 1 is 1.50 bits per heavy atom. The van der Waals surface area contributed by atoms with Crippen molar-refractivity contribution in [1.29, 1.82) is 0 Å². The summed E-state index contributed by atoms with van der Waals surface area (Å²) in [4.78, 5) is 26.1. The van der Waals surface area contributed by atoms with Crippen LogP contribution >= 0.6 is 0 Å². The van der Waals surface area contributed by atoms with Gasteiger partial charge in [-0.05, 0) is 25.0 Å². The number of aromatic carboxylic acids is 1. The Hall–Kier alpha value is -2.15. The highest BCUT2D eigenvalue weighted by atomic mass is 16.5. The summed E-state index contributed by atoms with van der Waals surface area (Å²) < 4.78 is 5.36. The van der Waals surface area contributed by atoms with Crippen molar-refractivity contribution < 1.29 is 19.4 Å². The van der Waals surface area contributed by atoms with Gasteiger partial charge in [0.1, 0.15) is 5.69 Å². The molecule has 1 aromatic rings. The minimum Gasteiger partial charge on any atom is -0.477 e. The number of hydrogen-bond donors (Lipinski definition) is 3. The number of amides is 2. The van der Waals surface area contributed by atoms with E-state index in [0.717, 1.165) is 12.0 Å². The van der Waals surface area contributed by atoms with Crippen molar-refractivity contribution in [2.45, 2.75) is 32.0 Å². The second-order valence-electron chi connectivity index (χ2n) is 4.65. The molecule has 2 heterocycles. The zero-order valence-electron chi connectivity index (χ0n) is 11.1. The molecule has 20 heavy (non-hydrogen) atoms. The van der Waals surface area contributed by atoms with Gasteiger partial charge in [0.15, 0.2) is 0 Å². The molecule has 0 saturated carbocycles. The van der Waals surface area contributed by atoms with E-state index in [1.54, 1.807) is 6.07 Å². The number of nitrogens with zero attached hydrogens (tertiary/aromatic N) is 1. The second-order valence-corrected chi connectivity index (χ2v) is 4.65. The van der Waals surface area contributed by atoms with Crippen LogP contribution in [0.4, 0.5) is 4.79 Å². The summed E-state index contributed by atoms with van der Waals surface area (Å²) in [5.74, 6) is -1.07. The maximum absolute atomic E-state index is 11.7. The fourth-order valence-electron chi connectivity index (χ4n) is 1.98. The average Bonchev–Trinajstić information content (AvgIpc) is 2.82. The Bertz CT molecular complexity index is 489. The smallest absolute Gasteiger partial charge is 0.354 e. The van der Waals surface area contributed by atoms with Gasteiger partial charge in [0, 0.05) is 19.3 Å². The maximum Gasteiger partial charge on any atom is 0.354 e. The largest absolute Gasteiger partial charge is 0.477 e. The lowest BCUT2D eigenvalue weighted by molar-refractivity contribution is 0.0690. The van der Waals surface area contributed by atoms with E-state index in [9.17, 15) is 9.59 Å². The minimum absolute atomic E-state index is 0.0184. The first-order chi connectivity index (χ1) is 9.56. The van der Waals surface area contributed by atoms with Gasteiger partial charge >= 0.3 is 12.0 Å². The molecular formula is C13H17N3O4. The molecule has 1 aliphatic rings. The van der Waals surface area contributed by atoms with Crippen molar-refractivity contribution in [2.75, 3.05) is 6.61 Å². The van der Waals surface area contributed by atoms with Crippen LogP contribution in [0.1, 0.15) is 29.4 Å². The molecule has 0 bridgehead atoms. The SMILES string of the molecule is CC1OCCC1NC(=O)NCc1ccc(C(=O)O)nc1. The van der Waals surface area contributed by atoms with Gasteiger partial charge in [-0.3, -0.25) is 0 Å². The third-order valence-electron chi connectivity index (χ3n) is 3.19. The maximum atomic E-state index is 11.7. The van der Waals surface area contributed by atoms with Crippen LogP contribution in [0, 0.1) is 0 Å². The zero-order valence-corrected chi connectivity index (χ0v) is 11.1. The van der Waals surface area contributed by atoms with E-state index < -0.39 is 5.97 Å². The molecule has 0 radical (unpaired) electrons. The Morgan fingerprint density at radius 2 is 2.30 bits per heavy atom. The molecule has 1 fully saturated rings. The number of nitrogens with one attached hydrogen (secondary N) is 2. The number of pyridine rings is 1. The van der Waals surface area contributed by atoms with Gasteiger partial charge in [-0.2, -0.15) is 0 Å². The third-order valence-corrected chi connectivity index (χ3v) is 3.19. The molecule has 0 aliphatic carbocycles. The van der Waals surface area contributed by atoms with Crippen molar-refractivity contribution in [3.05, 3.63) is 29.6 Å². The average molecular weight is 279 g/mol. The molecule has 1 aromatic heterocycles. The van der Waals surface area contributed by atoms with Crippen molar-refractivity contribution in [3.8, 4) is 0 Å². The molecule has 0 spiro atoms. The lowest BCUT2D eigenvalue weighted by Crippen LogP contribution is -2.44. The van der Waals surface area contributed by atoms with Crippen LogP contribution in [0.5, 0.6) is 0 Å². The normalized spacial score (nSPS) is 21.4. The van der Waals surface area contributed by atoms with Crippen LogP contribution in [-0.2, 0) is 11.3 Å². The molecule has 108 valence electrons. The number of rotatable bonds is 4. The van der Waals surface area contributed by atoms with Gasteiger partial charge in [-0.25, -0.2) is 14.6 Å². The van der Waals surface area contributed by atoms with Crippen molar-refractivity contribution in [2.24, 2.45) is 0 Å². The topological polar surface area (TPSA) is 101 Å². The first-order valence-corrected chi connectivity index (χ1v) is 6.40. The van der Waals surface area contributed by atoms with Crippen LogP contribution in [-0.4, -0.2) is 40.8 Å². The van der Waals surface area contributed by atoms with E-state index in [-0.39, 0.29) is 23.9 Å². The first kappa shape index (κ1) is 14.3. The predicted molar refractivity (Wildman–Crippen MR) is 70.4 cm³/mol. The van der Waals surface area contributed by atoms with Crippen LogP contribution in [0.15, 0.2) is 18.3 Å². The molecule has 3 N–H and O–H groups in total. The van der Waals surface area contributed by atoms with Crippen LogP contribution in [0.3, 0.4) is 0 Å². The highest BCUT2D eigenvalue weighted by molar-refractivity contribution is 5.85. The van der Waals surface area contributed by atoms with E-state index in [2.05, 4.69) is 15.6 Å². The summed E-state index contributed by atoms with van der Waals surface area (Å²) in [6.45, 7) is 2.87. The number of urea groups is 1. The molecule has 2 amide bonds. The van der Waals surface area contributed by atoms with Crippen LogP contribution in [0.2, 0.25) is 0 Å². The Morgan fingerprint density at radius 3 is 2.85 bits per heavy atom. The van der Waals surface area contributed by atoms with Crippen LogP contribution in [0.25, 0.3) is 0 Å². The Kier molecular flexibility index (Phi) is 4.52. The number of carboxylic acid groups (broad SMARTS) is 1. The molecule has 2 rings (SSSR count). The van der Waals surface area contributed by atoms with Gasteiger partial charge in [0.2, 0.25) is 0 Å².